The summed E-state index contributed by atoms with van der Waals surface area (Å²) in [4.78, 5) is 25.8. The third-order valence-electron chi connectivity index (χ3n) is 5.40. The first-order valence-corrected chi connectivity index (χ1v) is 7.86. The zero-order valence-corrected chi connectivity index (χ0v) is 12.9. The molecular formula is C17H19F2NO3. The van der Waals surface area contributed by atoms with E-state index in [0.717, 1.165) is 12.5 Å². The summed E-state index contributed by atoms with van der Waals surface area (Å²) in [6, 6.07) is 2.90. The Kier molecular flexibility index (Phi) is 3.86. The molecule has 2 fully saturated rings. The van der Waals surface area contributed by atoms with Crippen LogP contribution in [-0.2, 0) is 15.0 Å². The standard InChI is InChI=1S/C17H19F2NO3/c1-10-12(15(21)22)5-8-20(10)16(23)17(6-2-7-17)13-4-3-11(18)9-14(13)19/h3-4,9-10,12H,2,5-8H2,1H3,(H,21,22). The molecule has 124 valence electrons. The Morgan fingerprint density at radius 1 is 1.30 bits per heavy atom. The van der Waals surface area contributed by atoms with Crippen molar-refractivity contribution in [2.45, 2.75) is 44.1 Å². The van der Waals surface area contributed by atoms with E-state index >= 15 is 0 Å². The van der Waals surface area contributed by atoms with Gasteiger partial charge in [0.25, 0.3) is 0 Å². The highest BCUT2D eigenvalue weighted by atomic mass is 19.1. The van der Waals surface area contributed by atoms with E-state index in [1.807, 2.05) is 0 Å². The number of benzene rings is 1. The number of hydrogen-bond donors (Lipinski definition) is 1. The Balaban J connectivity index is 1.92. The summed E-state index contributed by atoms with van der Waals surface area (Å²) in [5.41, 5.74) is -0.750. The third kappa shape index (κ3) is 2.40. The molecule has 1 amide bonds. The van der Waals surface area contributed by atoms with Crippen molar-refractivity contribution in [1.29, 1.82) is 0 Å². The molecule has 1 saturated heterocycles. The van der Waals surface area contributed by atoms with Gasteiger partial charge in [0, 0.05) is 24.2 Å². The normalized spacial score (nSPS) is 26.0. The van der Waals surface area contributed by atoms with Gasteiger partial charge >= 0.3 is 5.97 Å². The van der Waals surface area contributed by atoms with Crippen LogP contribution < -0.4 is 0 Å². The highest BCUT2D eigenvalue weighted by molar-refractivity contribution is 5.90. The van der Waals surface area contributed by atoms with Crippen molar-refractivity contribution in [3.63, 3.8) is 0 Å². The van der Waals surface area contributed by atoms with Gasteiger partial charge in [0.05, 0.1) is 11.3 Å². The minimum atomic E-state index is -0.973. The maximum Gasteiger partial charge on any atom is 0.308 e. The Morgan fingerprint density at radius 2 is 2.00 bits per heavy atom. The van der Waals surface area contributed by atoms with E-state index in [9.17, 15) is 23.5 Å². The van der Waals surface area contributed by atoms with E-state index < -0.39 is 35.0 Å². The minimum absolute atomic E-state index is 0.223. The van der Waals surface area contributed by atoms with Crippen molar-refractivity contribution in [3.8, 4) is 0 Å². The lowest BCUT2D eigenvalue weighted by Crippen LogP contribution is -2.53. The van der Waals surface area contributed by atoms with Gasteiger partial charge in [-0.25, -0.2) is 8.78 Å². The monoisotopic (exact) mass is 323 g/mol. The van der Waals surface area contributed by atoms with Crippen LogP contribution in [0.2, 0.25) is 0 Å². The van der Waals surface area contributed by atoms with Crippen molar-refractivity contribution in [2.75, 3.05) is 6.54 Å². The van der Waals surface area contributed by atoms with E-state index in [1.54, 1.807) is 11.8 Å². The van der Waals surface area contributed by atoms with Gasteiger partial charge in [-0.2, -0.15) is 0 Å². The molecule has 4 nitrogen and oxygen atoms in total. The lowest BCUT2D eigenvalue weighted by Gasteiger charge is -2.44. The van der Waals surface area contributed by atoms with Gasteiger partial charge in [-0.3, -0.25) is 9.59 Å². The molecule has 6 heteroatoms. The molecule has 2 atom stereocenters. The fourth-order valence-corrected chi connectivity index (χ4v) is 3.84. The van der Waals surface area contributed by atoms with Crippen LogP contribution in [0.4, 0.5) is 8.78 Å². The first kappa shape index (κ1) is 15.9. The first-order valence-electron chi connectivity index (χ1n) is 7.86. The van der Waals surface area contributed by atoms with Crippen LogP contribution in [0.5, 0.6) is 0 Å². The van der Waals surface area contributed by atoms with Gasteiger partial charge in [-0.15, -0.1) is 0 Å². The largest absolute Gasteiger partial charge is 0.481 e. The molecule has 1 aromatic rings. The van der Waals surface area contributed by atoms with Crippen molar-refractivity contribution < 1.29 is 23.5 Å². The summed E-state index contributed by atoms with van der Waals surface area (Å²) in [7, 11) is 0. The first-order chi connectivity index (χ1) is 10.9. The molecule has 23 heavy (non-hydrogen) atoms. The number of rotatable bonds is 3. The Bertz CT molecular complexity index is 657. The predicted octanol–water partition coefficient (Wildman–Crippen LogP) is 2.71. The summed E-state index contributed by atoms with van der Waals surface area (Å²) >= 11 is 0. The van der Waals surface area contributed by atoms with Gasteiger partial charge in [0.2, 0.25) is 5.91 Å². The maximum absolute atomic E-state index is 14.2. The molecule has 1 aromatic carbocycles. The van der Waals surface area contributed by atoms with Crippen molar-refractivity contribution in [3.05, 3.63) is 35.4 Å². The second kappa shape index (κ2) is 5.58. The van der Waals surface area contributed by atoms with Crippen LogP contribution in [0.1, 0.15) is 38.2 Å². The second-order valence-corrected chi connectivity index (χ2v) is 6.53. The quantitative estimate of drug-likeness (QED) is 0.930. The number of hydrogen-bond acceptors (Lipinski definition) is 2. The fraction of sp³-hybridized carbons (Fsp3) is 0.529. The number of carbonyl (C=O) groups excluding carboxylic acids is 1. The molecule has 0 radical (unpaired) electrons. The molecule has 1 saturated carbocycles. The average Bonchev–Trinajstić information content (AvgIpc) is 2.81. The number of carboxylic acid groups (broad SMARTS) is 1. The summed E-state index contributed by atoms with van der Waals surface area (Å²) in [5, 5.41) is 9.21. The molecule has 0 spiro atoms. The molecule has 1 aliphatic heterocycles. The van der Waals surface area contributed by atoms with E-state index in [0.29, 0.717) is 25.8 Å². The van der Waals surface area contributed by atoms with Gasteiger partial charge in [-0.1, -0.05) is 12.5 Å². The zero-order valence-electron chi connectivity index (χ0n) is 12.9. The molecular weight excluding hydrogens is 304 g/mol. The van der Waals surface area contributed by atoms with Crippen LogP contribution in [0.15, 0.2) is 18.2 Å². The summed E-state index contributed by atoms with van der Waals surface area (Å²) in [5.74, 6) is -3.11. The van der Waals surface area contributed by atoms with Gasteiger partial charge in [0.15, 0.2) is 0 Å². The highest BCUT2D eigenvalue weighted by Gasteiger charge is 2.52. The average molecular weight is 323 g/mol. The third-order valence-corrected chi connectivity index (χ3v) is 5.40. The van der Waals surface area contributed by atoms with E-state index in [4.69, 9.17) is 0 Å². The van der Waals surface area contributed by atoms with Gasteiger partial charge < -0.3 is 10.0 Å². The molecule has 0 aromatic heterocycles. The van der Waals surface area contributed by atoms with Crippen molar-refractivity contribution in [2.24, 2.45) is 5.92 Å². The molecule has 1 heterocycles. The molecule has 2 aliphatic rings. The van der Waals surface area contributed by atoms with E-state index in [-0.39, 0.29) is 11.5 Å². The highest BCUT2D eigenvalue weighted by Crippen LogP contribution is 2.47. The molecule has 1 aliphatic carbocycles. The van der Waals surface area contributed by atoms with Crippen LogP contribution in [0.3, 0.4) is 0 Å². The number of carbonyl (C=O) groups is 2. The second-order valence-electron chi connectivity index (χ2n) is 6.53. The summed E-state index contributed by atoms with van der Waals surface area (Å²) in [6.45, 7) is 2.08. The van der Waals surface area contributed by atoms with E-state index in [2.05, 4.69) is 0 Å². The van der Waals surface area contributed by atoms with Crippen LogP contribution in [-0.4, -0.2) is 34.5 Å². The number of halogens is 2. The Hall–Kier alpha value is -1.98. The summed E-state index contributed by atoms with van der Waals surface area (Å²) < 4.78 is 27.4. The Labute approximate surface area is 133 Å². The molecule has 0 bridgehead atoms. The van der Waals surface area contributed by atoms with Gasteiger partial charge in [0.1, 0.15) is 11.6 Å². The number of aliphatic carboxylic acids is 1. The smallest absolute Gasteiger partial charge is 0.308 e. The van der Waals surface area contributed by atoms with Crippen molar-refractivity contribution >= 4 is 11.9 Å². The van der Waals surface area contributed by atoms with Crippen LogP contribution >= 0.6 is 0 Å². The molecule has 2 unspecified atom stereocenters. The van der Waals surface area contributed by atoms with Crippen LogP contribution in [0, 0.1) is 17.6 Å². The molecule has 1 N–H and O–H groups in total. The number of carboxylic acids is 1. The predicted molar refractivity (Wildman–Crippen MR) is 78.8 cm³/mol. The maximum atomic E-state index is 14.2. The number of amides is 1. The topological polar surface area (TPSA) is 57.6 Å². The minimum Gasteiger partial charge on any atom is -0.481 e. The van der Waals surface area contributed by atoms with Crippen LogP contribution in [0.25, 0.3) is 0 Å². The lowest BCUT2D eigenvalue weighted by molar-refractivity contribution is -0.145. The van der Waals surface area contributed by atoms with E-state index in [1.165, 1.54) is 12.1 Å². The fourth-order valence-electron chi connectivity index (χ4n) is 3.84. The van der Waals surface area contributed by atoms with Gasteiger partial charge in [-0.05, 0) is 32.3 Å². The van der Waals surface area contributed by atoms with Crippen molar-refractivity contribution in [1.82, 2.24) is 4.90 Å². The number of nitrogens with zero attached hydrogens (tertiary/aromatic N) is 1. The number of likely N-dealkylation sites (tertiary alicyclic amines) is 1. The molecule has 3 rings (SSSR count). The summed E-state index contributed by atoms with van der Waals surface area (Å²) in [6.07, 6.45) is 2.22. The SMILES string of the molecule is CC1C(C(=O)O)CCN1C(=O)C1(c2ccc(F)cc2F)CCC1. The zero-order chi connectivity index (χ0) is 16.8. The lowest BCUT2D eigenvalue weighted by atomic mass is 9.63. The Morgan fingerprint density at radius 3 is 2.48 bits per heavy atom.